The lowest BCUT2D eigenvalue weighted by molar-refractivity contribution is 0.245. The molecule has 0 radical (unpaired) electrons. The van der Waals surface area contributed by atoms with Gasteiger partial charge in [-0.05, 0) is 57.1 Å². The first-order chi connectivity index (χ1) is 11.1. The van der Waals surface area contributed by atoms with Gasteiger partial charge in [-0.15, -0.1) is 5.10 Å². The van der Waals surface area contributed by atoms with Crippen molar-refractivity contribution in [3.05, 3.63) is 39.3 Å². The summed E-state index contributed by atoms with van der Waals surface area (Å²) >= 11 is 6.97. The second kappa shape index (κ2) is 7.76. The fraction of sp³-hybridized carbons (Fsp3) is 0.556. The fourth-order valence-electron chi connectivity index (χ4n) is 2.37. The van der Waals surface area contributed by atoms with Crippen molar-refractivity contribution in [2.24, 2.45) is 0 Å². The van der Waals surface area contributed by atoms with Crippen LogP contribution in [0.25, 0.3) is 0 Å². The molecular formula is C18H28N4S2. The van der Waals surface area contributed by atoms with E-state index in [9.17, 15) is 0 Å². The number of nitrogens with one attached hydrogen (secondary N) is 1. The quantitative estimate of drug-likeness (QED) is 0.723. The predicted molar refractivity (Wildman–Crippen MR) is 106 cm³/mol. The first-order valence-corrected chi connectivity index (χ1v) is 9.50. The van der Waals surface area contributed by atoms with Gasteiger partial charge in [0.2, 0.25) is 5.13 Å². The summed E-state index contributed by atoms with van der Waals surface area (Å²) in [5, 5.41) is 8.85. The van der Waals surface area contributed by atoms with E-state index in [1.54, 1.807) is 0 Å². The fourth-order valence-corrected chi connectivity index (χ4v) is 3.57. The van der Waals surface area contributed by atoms with Crippen molar-refractivity contribution in [1.82, 2.24) is 14.7 Å². The largest absolute Gasteiger partial charge is 0.356 e. The number of aromatic nitrogens is 2. The first-order valence-electron chi connectivity index (χ1n) is 8.27. The van der Waals surface area contributed by atoms with Crippen molar-refractivity contribution in [2.75, 3.05) is 12.4 Å². The Morgan fingerprint density at radius 2 is 1.88 bits per heavy atom. The highest BCUT2D eigenvalue weighted by atomic mass is 32.1. The van der Waals surface area contributed by atoms with Gasteiger partial charge in [0.15, 0.2) is 3.95 Å². The Kier molecular flexibility index (Phi) is 6.17. The molecule has 2 rings (SSSR count). The SMILES string of the molecule is CC(C)c1ccc(CN(C)Cn2nc(NC(C)(C)C)sc2=S)cc1. The van der Waals surface area contributed by atoms with Gasteiger partial charge in [-0.3, -0.25) is 4.90 Å². The molecule has 0 bridgehead atoms. The van der Waals surface area contributed by atoms with Crippen LogP contribution in [-0.2, 0) is 13.2 Å². The van der Waals surface area contributed by atoms with E-state index in [1.807, 2.05) is 4.68 Å². The van der Waals surface area contributed by atoms with E-state index in [1.165, 1.54) is 22.5 Å². The van der Waals surface area contributed by atoms with Crippen LogP contribution >= 0.6 is 23.6 Å². The number of anilines is 1. The lowest BCUT2D eigenvalue weighted by Gasteiger charge is -2.19. The van der Waals surface area contributed by atoms with Gasteiger partial charge < -0.3 is 5.32 Å². The molecule has 1 aromatic heterocycles. The summed E-state index contributed by atoms with van der Waals surface area (Å²) in [5.41, 5.74) is 2.67. The van der Waals surface area contributed by atoms with Gasteiger partial charge in [-0.2, -0.15) is 0 Å². The topological polar surface area (TPSA) is 33.1 Å². The molecule has 24 heavy (non-hydrogen) atoms. The molecule has 0 saturated carbocycles. The lowest BCUT2D eigenvalue weighted by atomic mass is 10.0. The maximum atomic E-state index is 5.44. The Morgan fingerprint density at radius 1 is 1.25 bits per heavy atom. The van der Waals surface area contributed by atoms with Crippen molar-refractivity contribution in [2.45, 2.75) is 59.3 Å². The number of rotatable bonds is 6. The van der Waals surface area contributed by atoms with Crippen LogP contribution in [0, 0.1) is 3.95 Å². The molecule has 1 aromatic carbocycles. The zero-order valence-corrected chi connectivity index (χ0v) is 17.1. The average molecular weight is 365 g/mol. The Labute approximate surface area is 154 Å². The molecule has 0 aliphatic carbocycles. The van der Waals surface area contributed by atoms with Gasteiger partial charge in [0.25, 0.3) is 0 Å². The number of hydrogen-bond donors (Lipinski definition) is 1. The molecule has 0 aliphatic heterocycles. The molecule has 1 heterocycles. The Bertz CT molecular complexity index is 708. The van der Waals surface area contributed by atoms with Crippen molar-refractivity contribution in [1.29, 1.82) is 0 Å². The molecule has 0 fully saturated rings. The minimum atomic E-state index is -0.0124. The maximum Gasteiger partial charge on any atom is 0.205 e. The summed E-state index contributed by atoms with van der Waals surface area (Å²) in [4.78, 5) is 2.22. The molecule has 0 spiro atoms. The Hall–Kier alpha value is -1.24. The Balaban J connectivity index is 1.99. The van der Waals surface area contributed by atoms with Crippen LogP contribution in [0.5, 0.6) is 0 Å². The molecule has 2 aromatic rings. The summed E-state index contributed by atoms with van der Waals surface area (Å²) in [5.74, 6) is 0.568. The summed E-state index contributed by atoms with van der Waals surface area (Å²) in [7, 11) is 2.09. The molecular weight excluding hydrogens is 336 g/mol. The van der Waals surface area contributed by atoms with Crippen molar-refractivity contribution < 1.29 is 0 Å². The monoisotopic (exact) mass is 364 g/mol. The summed E-state index contributed by atoms with van der Waals surface area (Å²) in [6.45, 7) is 12.4. The third kappa shape index (κ3) is 5.69. The van der Waals surface area contributed by atoms with E-state index in [2.05, 4.69) is 81.2 Å². The van der Waals surface area contributed by atoms with Crippen LogP contribution in [0.2, 0.25) is 0 Å². The Morgan fingerprint density at radius 3 is 2.42 bits per heavy atom. The van der Waals surface area contributed by atoms with Crippen LogP contribution in [0.15, 0.2) is 24.3 Å². The van der Waals surface area contributed by atoms with Crippen LogP contribution in [0.1, 0.15) is 51.7 Å². The smallest absolute Gasteiger partial charge is 0.205 e. The molecule has 1 N–H and O–H groups in total. The van der Waals surface area contributed by atoms with E-state index >= 15 is 0 Å². The van der Waals surface area contributed by atoms with Crippen molar-refractivity contribution >= 4 is 28.7 Å². The van der Waals surface area contributed by atoms with Gasteiger partial charge >= 0.3 is 0 Å². The van der Waals surface area contributed by atoms with Crippen molar-refractivity contribution in [3.8, 4) is 0 Å². The molecule has 0 saturated heterocycles. The molecule has 4 nitrogen and oxygen atoms in total. The number of benzene rings is 1. The van der Waals surface area contributed by atoms with E-state index in [0.29, 0.717) is 12.6 Å². The van der Waals surface area contributed by atoms with E-state index < -0.39 is 0 Å². The second-order valence-corrected chi connectivity index (χ2v) is 9.22. The third-order valence-electron chi connectivity index (χ3n) is 3.56. The first kappa shape index (κ1) is 19.1. The zero-order chi connectivity index (χ0) is 17.9. The minimum Gasteiger partial charge on any atom is -0.356 e. The molecule has 0 atom stereocenters. The highest BCUT2D eigenvalue weighted by molar-refractivity contribution is 7.73. The molecule has 0 aliphatic rings. The maximum absolute atomic E-state index is 5.44. The van der Waals surface area contributed by atoms with Crippen LogP contribution in [-0.4, -0.2) is 27.3 Å². The lowest BCUT2D eigenvalue weighted by Crippen LogP contribution is -2.26. The summed E-state index contributed by atoms with van der Waals surface area (Å²) in [6.07, 6.45) is 0. The van der Waals surface area contributed by atoms with Gasteiger partial charge in [0.1, 0.15) is 0 Å². The molecule has 0 amide bonds. The predicted octanol–water partition coefficient (Wildman–Crippen LogP) is 5.10. The van der Waals surface area contributed by atoms with Gasteiger partial charge in [-0.1, -0.05) is 49.4 Å². The van der Waals surface area contributed by atoms with E-state index in [4.69, 9.17) is 12.2 Å². The van der Waals surface area contributed by atoms with E-state index in [0.717, 1.165) is 15.6 Å². The molecule has 6 heteroatoms. The van der Waals surface area contributed by atoms with Gasteiger partial charge in [0, 0.05) is 12.1 Å². The highest BCUT2D eigenvalue weighted by Gasteiger charge is 2.13. The standard InChI is InChI=1S/C18H28N4S2/c1-13(2)15-9-7-14(8-10-15)11-21(6)12-22-17(23)24-16(20-22)19-18(3,4)5/h7-10,13H,11-12H2,1-6H3,(H,19,20). The average Bonchev–Trinajstić information content (AvgIpc) is 2.76. The zero-order valence-electron chi connectivity index (χ0n) is 15.5. The van der Waals surface area contributed by atoms with Gasteiger partial charge in [-0.25, -0.2) is 4.68 Å². The van der Waals surface area contributed by atoms with Crippen LogP contribution in [0.3, 0.4) is 0 Å². The summed E-state index contributed by atoms with van der Waals surface area (Å²) in [6, 6.07) is 8.85. The van der Waals surface area contributed by atoms with Crippen molar-refractivity contribution in [3.63, 3.8) is 0 Å². The van der Waals surface area contributed by atoms with Crippen LogP contribution in [0.4, 0.5) is 5.13 Å². The van der Waals surface area contributed by atoms with Crippen LogP contribution < -0.4 is 5.32 Å². The molecule has 0 unspecified atom stereocenters. The molecule has 132 valence electrons. The third-order valence-corrected chi connectivity index (χ3v) is 4.79. The second-order valence-electron chi connectivity index (χ2n) is 7.60. The van der Waals surface area contributed by atoms with Gasteiger partial charge in [0.05, 0.1) is 6.67 Å². The highest BCUT2D eigenvalue weighted by Crippen LogP contribution is 2.20. The minimum absolute atomic E-state index is 0.0124. The normalized spacial score (nSPS) is 12.2. The number of hydrogen-bond acceptors (Lipinski definition) is 5. The number of nitrogens with zero attached hydrogens (tertiary/aromatic N) is 3. The van der Waals surface area contributed by atoms with E-state index in [-0.39, 0.29) is 5.54 Å². The summed E-state index contributed by atoms with van der Waals surface area (Å²) < 4.78 is 2.68.